The average molecular weight is 321 g/mol. The standard InChI is InChI=1S/C12H11F4N3OS/c1-2-17-11-10(18-19-21-11)6-20-7-3-4-9(13)8(5-7)12(14,15)16/h3-5,17H,2,6H2,1H3. The van der Waals surface area contributed by atoms with Crippen LogP contribution in [0.4, 0.5) is 22.6 Å². The average Bonchev–Trinajstić information content (AvgIpc) is 2.84. The van der Waals surface area contributed by atoms with E-state index in [-0.39, 0.29) is 12.4 Å². The van der Waals surface area contributed by atoms with Crippen LogP contribution in [0.25, 0.3) is 0 Å². The number of halogens is 4. The van der Waals surface area contributed by atoms with Crippen LogP contribution in [0.15, 0.2) is 18.2 Å². The number of anilines is 1. The number of alkyl halides is 3. The van der Waals surface area contributed by atoms with Crippen LogP contribution >= 0.6 is 11.5 Å². The molecule has 0 spiro atoms. The molecule has 2 rings (SSSR count). The predicted octanol–water partition coefficient (Wildman–Crippen LogP) is 3.71. The zero-order valence-electron chi connectivity index (χ0n) is 10.9. The van der Waals surface area contributed by atoms with Crippen molar-refractivity contribution < 1.29 is 22.3 Å². The minimum atomic E-state index is -4.76. The highest BCUT2D eigenvalue weighted by Crippen LogP contribution is 2.33. The van der Waals surface area contributed by atoms with E-state index in [1.165, 1.54) is 0 Å². The summed E-state index contributed by atoms with van der Waals surface area (Å²) in [5.74, 6) is -1.42. The highest BCUT2D eigenvalue weighted by molar-refractivity contribution is 7.10. The van der Waals surface area contributed by atoms with Crippen molar-refractivity contribution >= 4 is 16.5 Å². The van der Waals surface area contributed by atoms with Crippen molar-refractivity contribution in [1.29, 1.82) is 0 Å². The molecular weight excluding hydrogens is 310 g/mol. The van der Waals surface area contributed by atoms with Gasteiger partial charge in [0.2, 0.25) is 0 Å². The fraction of sp³-hybridized carbons (Fsp3) is 0.333. The van der Waals surface area contributed by atoms with Gasteiger partial charge in [0, 0.05) is 18.1 Å². The molecule has 114 valence electrons. The highest BCUT2D eigenvalue weighted by Gasteiger charge is 2.34. The Kier molecular flexibility index (Phi) is 4.61. The van der Waals surface area contributed by atoms with E-state index in [1.807, 2.05) is 6.92 Å². The molecule has 1 aromatic heterocycles. The van der Waals surface area contributed by atoms with Crippen LogP contribution in [0.5, 0.6) is 5.75 Å². The monoisotopic (exact) mass is 321 g/mol. The van der Waals surface area contributed by atoms with Gasteiger partial charge in [0.1, 0.15) is 28.9 Å². The third-order valence-electron chi connectivity index (χ3n) is 2.51. The molecule has 4 nitrogen and oxygen atoms in total. The number of nitrogens with zero attached hydrogens (tertiary/aromatic N) is 2. The summed E-state index contributed by atoms with van der Waals surface area (Å²) >= 11 is 1.13. The van der Waals surface area contributed by atoms with Crippen LogP contribution in [-0.2, 0) is 12.8 Å². The van der Waals surface area contributed by atoms with Crippen molar-refractivity contribution in [3.63, 3.8) is 0 Å². The Morgan fingerprint density at radius 1 is 1.33 bits per heavy atom. The molecule has 0 amide bonds. The van der Waals surface area contributed by atoms with Crippen molar-refractivity contribution in [1.82, 2.24) is 9.59 Å². The minimum absolute atomic E-state index is 0.0538. The lowest BCUT2D eigenvalue weighted by molar-refractivity contribution is -0.140. The molecule has 0 fully saturated rings. The SMILES string of the molecule is CCNc1snnc1COc1ccc(F)c(C(F)(F)F)c1. The number of hydrogen-bond acceptors (Lipinski definition) is 5. The lowest BCUT2D eigenvalue weighted by Crippen LogP contribution is -2.09. The summed E-state index contributed by atoms with van der Waals surface area (Å²) in [5.41, 5.74) is -0.872. The van der Waals surface area contributed by atoms with E-state index >= 15 is 0 Å². The second-order valence-electron chi connectivity index (χ2n) is 4.01. The molecular formula is C12H11F4N3OS. The Bertz CT molecular complexity index is 615. The first-order chi connectivity index (χ1) is 9.91. The zero-order chi connectivity index (χ0) is 15.5. The Labute approximate surface area is 121 Å². The maximum Gasteiger partial charge on any atom is 0.419 e. The molecule has 0 aliphatic rings. The normalized spacial score (nSPS) is 11.5. The molecule has 0 bridgehead atoms. The molecule has 0 saturated heterocycles. The number of ether oxygens (including phenoxy) is 1. The van der Waals surface area contributed by atoms with Crippen LogP contribution in [0, 0.1) is 5.82 Å². The molecule has 0 unspecified atom stereocenters. The summed E-state index contributed by atoms with van der Waals surface area (Å²) in [5, 5.41) is 7.52. The van der Waals surface area contributed by atoms with Crippen LogP contribution in [0.2, 0.25) is 0 Å². The highest BCUT2D eigenvalue weighted by atomic mass is 32.1. The van der Waals surface area contributed by atoms with Gasteiger partial charge < -0.3 is 10.1 Å². The topological polar surface area (TPSA) is 47.0 Å². The predicted molar refractivity (Wildman–Crippen MR) is 69.8 cm³/mol. The third-order valence-corrected chi connectivity index (χ3v) is 3.24. The fourth-order valence-electron chi connectivity index (χ4n) is 1.56. The second kappa shape index (κ2) is 6.25. The first-order valence-corrected chi connectivity index (χ1v) is 6.73. The van der Waals surface area contributed by atoms with Gasteiger partial charge in [-0.1, -0.05) is 4.49 Å². The Morgan fingerprint density at radius 3 is 2.76 bits per heavy atom. The number of rotatable bonds is 5. The van der Waals surface area contributed by atoms with Crippen molar-refractivity contribution in [2.24, 2.45) is 0 Å². The second-order valence-corrected chi connectivity index (χ2v) is 4.76. The summed E-state index contributed by atoms with van der Waals surface area (Å²) < 4.78 is 59.8. The van der Waals surface area contributed by atoms with E-state index in [9.17, 15) is 17.6 Å². The Hall–Kier alpha value is -1.90. The Balaban J connectivity index is 2.12. The van der Waals surface area contributed by atoms with E-state index in [1.54, 1.807) is 0 Å². The number of hydrogen-bond donors (Lipinski definition) is 1. The Morgan fingerprint density at radius 2 is 2.10 bits per heavy atom. The first-order valence-electron chi connectivity index (χ1n) is 5.96. The van der Waals surface area contributed by atoms with E-state index < -0.39 is 17.6 Å². The van der Waals surface area contributed by atoms with E-state index in [0.717, 1.165) is 23.7 Å². The number of nitrogens with one attached hydrogen (secondary N) is 1. The van der Waals surface area contributed by atoms with Crippen molar-refractivity contribution in [3.05, 3.63) is 35.3 Å². The van der Waals surface area contributed by atoms with Gasteiger partial charge in [-0.15, -0.1) is 5.10 Å². The maximum atomic E-state index is 13.1. The molecule has 1 heterocycles. The molecule has 0 aliphatic heterocycles. The van der Waals surface area contributed by atoms with Crippen molar-refractivity contribution in [2.75, 3.05) is 11.9 Å². The van der Waals surface area contributed by atoms with Gasteiger partial charge >= 0.3 is 6.18 Å². The van der Waals surface area contributed by atoms with Gasteiger partial charge in [-0.05, 0) is 25.1 Å². The maximum absolute atomic E-state index is 13.1. The molecule has 1 N–H and O–H groups in total. The van der Waals surface area contributed by atoms with Crippen molar-refractivity contribution in [3.8, 4) is 5.75 Å². The van der Waals surface area contributed by atoms with Gasteiger partial charge in [-0.2, -0.15) is 13.2 Å². The molecule has 21 heavy (non-hydrogen) atoms. The molecule has 0 saturated carbocycles. The van der Waals surface area contributed by atoms with Gasteiger partial charge in [0.25, 0.3) is 0 Å². The summed E-state index contributed by atoms with van der Waals surface area (Å²) in [6.07, 6.45) is -4.76. The van der Waals surface area contributed by atoms with Gasteiger partial charge in [0.05, 0.1) is 5.56 Å². The van der Waals surface area contributed by atoms with E-state index in [0.29, 0.717) is 23.3 Å². The van der Waals surface area contributed by atoms with Crippen LogP contribution in [0.1, 0.15) is 18.2 Å². The molecule has 1 aromatic carbocycles. The van der Waals surface area contributed by atoms with Crippen LogP contribution in [0.3, 0.4) is 0 Å². The van der Waals surface area contributed by atoms with Crippen molar-refractivity contribution in [2.45, 2.75) is 19.7 Å². The summed E-state index contributed by atoms with van der Waals surface area (Å²) in [6, 6.07) is 2.49. The van der Waals surface area contributed by atoms with Crippen LogP contribution < -0.4 is 10.1 Å². The smallest absolute Gasteiger partial charge is 0.419 e. The van der Waals surface area contributed by atoms with Gasteiger partial charge in [0.15, 0.2) is 0 Å². The molecule has 2 aromatic rings. The molecule has 0 radical (unpaired) electrons. The van der Waals surface area contributed by atoms with Gasteiger partial charge in [-0.3, -0.25) is 0 Å². The van der Waals surface area contributed by atoms with Gasteiger partial charge in [-0.25, -0.2) is 4.39 Å². The lowest BCUT2D eigenvalue weighted by Gasteiger charge is -2.11. The minimum Gasteiger partial charge on any atom is -0.487 e. The molecule has 9 heteroatoms. The number of benzene rings is 1. The molecule has 0 aliphatic carbocycles. The lowest BCUT2D eigenvalue weighted by atomic mass is 10.2. The summed E-state index contributed by atoms with van der Waals surface area (Å²) in [6.45, 7) is 2.49. The van der Waals surface area contributed by atoms with Crippen LogP contribution in [-0.4, -0.2) is 16.1 Å². The third kappa shape index (κ3) is 3.81. The largest absolute Gasteiger partial charge is 0.487 e. The van der Waals surface area contributed by atoms with E-state index in [4.69, 9.17) is 4.74 Å². The first kappa shape index (κ1) is 15.5. The summed E-state index contributed by atoms with van der Waals surface area (Å²) in [7, 11) is 0. The van der Waals surface area contributed by atoms with E-state index in [2.05, 4.69) is 14.9 Å². The molecule has 0 atom stereocenters. The number of aromatic nitrogens is 2. The summed E-state index contributed by atoms with van der Waals surface area (Å²) in [4.78, 5) is 0. The fourth-order valence-corrected chi connectivity index (χ4v) is 2.20. The quantitative estimate of drug-likeness (QED) is 0.853. The zero-order valence-corrected chi connectivity index (χ0v) is 11.7.